The summed E-state index contributed by atoms with van der Waals surface area (Å²) < 4.78 is 5.01. The highest BCUT2D eigenvalue weighted by Crippen LogP contribution is 2.26. The summed E-state index contributed by atoms with van der Waals surface area (Å²) in [4.78, 5) is 4.04. The van der Waals surface area contributed by atoms with Gasteiger partial charge in [0.15, 0.2) is 0 Å². The molecular formula is C8H11ClN2O. The van der Waals surface area contributed by atoms with Gasteiger partial charge < -0.3 is 10.1 Å². The second-order valence-corrected chi connectivity index (χ2v) is 2.76. The molecule has 1 N–H and O–H groups in total. The largest absolute Gasteiger partial charge is 0.479 e. The smallest absolute Gasteiger partial charge is 0.238 e. The lowest BCUT2D eigenvalue weighted by molar-refractivity contribution is 0.400. The molecule has 0 atom stereocenters. The molecular weight excluding hydrogens is 176 g/mol. The minimum Gasteiger partial charge on any atom is -0.479 e. The van der Waals surface area contributed by atoms with Crippen molar-refractivity contribution in [2.45, 2.75) is 6.92 Å². The van der Waals surface area contributed by atoms with Crippen LogP contribution in [0, 0.1) is 6.92 Å². The van der Waals surface area contributed by atoms with Crippen LogP contribution in [0.5, 0.6) is 5.88 Å². The molecule has 0 aliphatic rings. The van der Waals surface area contributed by atoms with Crippen LogP contribution in [0.1, 0.15) is 5.56 Å². The zero-order valence-electron chi connectivity index (χ0n) is 7.31. The molecule has 3 nitrogen and oxygen atoms in total. The van der Waals surface area contributed by atoms with Crippen LogP contribution >= 0.6 is 11.6 Å². The first-order valence-electron chi connectivity index (χ1n) is 3.58. The summed E-state index contributed by atoms with van der Waals surface area (Å²) in [6.07, 6.45) is 0. The zero-order valence-corrected chi connectivity index (χ0v) is 8.07. The van der Waals surface area contributed by atoms with Crippen molar-refractivity contribution < 1.29 is 4.74 Å². The van der Waals surface area contributed by atoms with Gasteiger partial charge in [-0.15, -0.1) is 0 Å². The number of aryl methyl sites for hydroxylation is 1. The third kappa shape index (κ3) is 1.61. The monoisotopic (exact) mass is 186 g/mol. The van der Waals surface area contributed by atoms with E-state index in [1.807, 2.05) is 20.0 Å². The van der Waals surface area contributed by atoms with Crippen LogP contribution in [-0.2, 0) is 0 Å². The highest BCUT2D eigenvalue weighted by Gasteiger charge is 2.06. The third-order valence-electron chi connectivity index (χ3n) is 1.58. The third-order valence-corrected chi connectivity index (χ3v) is 1.96. The number of hydrogen-bond donors (Lipinski definition) is 1. The molecule has 12 heavy (non-hydrogen) atoms. The maximum absolute atomic E-state index is 5.80. The normalized spacial score (nSPS) is 9.67. The fourth-order valence-electron chi connectivity index (χ4n) is 0.910. The maximum Gasteiger partial charge on any atom is 0.238 e. The molecule has 4 heteroatoms. The molecule has 0 unspecified atom stereocenters. The topological polar surface area (TPSA) is 34.2 Å². The number of aromatic nitrogens is 1. The van der Waals surface area contributed by atoms with E-state index in [2.05, 4.69) is 10.3 Å². The van der Waals surface area contributed by atoms with Gasteiger partial charge in [0, 0.05) is 7.05 Å². The van der Waals surface area contributed by atoms with Gasteiger partial charge in [0.2, 0.25) is 5.88 Å². The fourth-order valence-corrected chi connectivity index (χ4v) is 1.04. The SMILES string of the molecule is CNc1cc(C)c(Cl)nc1OC. The minimum atomic E-state index is 0.478. The van der Waals surface area contributed by atoms with Crippen LogP contribution in [0.15, 0.2) is 6.07 Å². The highest BCUT2D eigenvalue weighted by molar-refractivity contribution is 6.30. The van der Waals surface area contributed by atoms with Crippen molar-refractivity contribution in [3.05, 3.63) is 16.8 Å². The van der Waals surface area contributed by atoms with Gasteiger partial charge in [-0.3, -0.25) is 0 Å². The standard InChI is InChI=1S/C8H11ClN2O/c1-5-4-6(10-2)8(12-3)11-7(5)9/h4,10H,1-3H3. The van der Waals surface area contributed by atoms with Crippen molar-refractivity contribution in [2.24, 2.45) is 0 Å². The van der Waals surface area contributed by atoms with Crippen molar-refractivity contribution in [1.82, 2.24) is 4.98 Å². The number of rotatable bonds is 2. The summed E-state index contributed by atoms with van der Waals surface area (Å²) in [5.41, 5.74) is 1.78. The number of pyridine rings is 1. The van der Waals surface area contributed by atoms with Crippen molar-refractivity contribution in [3.8, 4) is 5.88 Å². The first-order valence-corrected chi connectivity index (χ1v) is 3.95. The summed E-state index contributed by atoms with van der Waals surface area (Å²) >= 11 is 5.80. The average Bonchev–Trinajstić information content (AvgIpc) is 2.09. The van der Waals surface area contributed by atoms with Gasteiger partial charge in [0.25, 0.3) is 0 Å². The van der Waals surface area contributed by atoms with Gasteiger partial charge in [-0.05, 0) is 18.6 Å². The second kappa shape index (κ2) is 3.63. The molecule has 0 radical (unpaired) electrons. The number of hydrogen-bond acceptors (Lipinski definition) is 3. The van der Waals surface area contributed by atoms with Crippen LogP contribution in [0.4, 0.5) is 5.69 Å². The van der Waals surface area contributed by atoms with E-state index in [0.717, 1.165) is 11.3 Å². The molecule has 1 heterocycles. The van der Waals surface area contributed by atoms with Gasteiger partial charge in [-0.25, -0.2) is 0 Å². The number of nitrogens with zero attached hydrogens (tertiary/aromatic N) is 1. The van der Waals surface area contributed by atoms with E-state index >= 15 is 0 Å². The van der Waals surface area contributed by atoms with E-state index in [0.29, 0.717) is 11.0 Å². The lowest BCUT2D eigenvalue weighted by atomic mass is 10.3. The lowest BCUT2D eigenvalue weighted by Gasteiger charge is -2.08. The molecule has 0 bridgehead atoms. The van der Waals surface area contributed by atoms with Crippen LogP contribution in [0.2, 0.25) is 5.15 Å². The fraction of sp³-hybridized carbons (Fsp3) is 0.375. The Hall–Kier alpha value is -0.960. The molecule has 0 aliphatic heterocycles. The Kier molecular flexibility index (Phi) is 2.76. The van der Waals surface area contributed by atoms with E-state index in [-0.39, 0.29) is 0 Å². The molecule has 0 amide bonds. The summed E-state index contributed by atoms with van der Waals surface area (Å²) in [6.45, 7) is 1.90. The van der Waals surface area contributed by atoms with E-state index in [4.69, 9.17) is 16.3 Å². The van der Waals surface area contributed by atoms with Gasteiger partial charge >= 0.3 is 0 Å². The van der Waals surface area contributed by atoms with Gasteiger partial charge in [-0.1, -0.05) is 11.6 Å². The Morgan fingerprint density at radius 3 is 2.75 bits per heavy atom. The van der Waals surface area contributed by atoms with Crippen molar-refractivity contribution in [2.75, 3.05) is 19.5 Å². The molecule has 1 aromatic heterocycles. The lowest BCUT2D eigenvalue weighted by Crippen LogP contribution is -1.97. The molecule has 0 saturated carbocycles. The predicted octanol–water partition coefficient (Wildman–Crippen LogP) is 2.09. The number of nitrogens with one attached hydrogen (secondary N) is 1. The summed E-state index contributed by atoms with van der Waals surface area (Å²) in [5, 5.41) is 3.45. The first-order chi connectivity index (χ1) is 5.69. The van der Waals surface area contributed by atoms with Crippen molar-refractivity contribution >= 4 is 17.3 Å². The minimum absolute atomic E-state index is 0.478. The van der Waals surface area contributed by atoms with Crippen LogP contribution in [-0.4, -0.2) is 19.1 Å². The Bertz CT molecular complexity index is 260. The molecule has 66 valence electrons. The molecule has 0 saturated heterocycles. The Morgan fingerprint density at radius 2 is 2.25 bits per heavy atom. The van der Waals surface area contributed by atoms with Gasteiger partial charge in [0.05, 0.1) is 12.8 Å². The van der Waals surface area contributed by atoms with E-state index in [1.165, 1.54) is 0 Å². The predicted molar refractivity (Wildman–Crippen MR) is 50.1 cm³/mol. The van der Waals surface area contributed by atoms with Crippen LogP contribution in [0.25, 0.3) is 0 Å². The number of anilines is 1. The molecule has 0 spiro atoms. The van der Waals surface area contributed by atoms with Crippen LogP contribution in [0.3, 0.4) is 0 Å². The number of methoxy groups -OCH3 is 1. The van der Waals surface area contributed by atoms with E-state index in [1.54, 1.807) is 7.11 Å². The van der Waals surface area contributed by atoms with E-state index < -0.39 is 0 Å². The summed E-state index contributed by atoms with van der Waals surface area (Å²) in [6, 6.07) is 1.90. The first kappa shape index (κ1) is 9.13. The maximum atomic E-state index is 5.80. The van der Waals surface area contributed by atoms with E-state index in [9.17, 15) is 0 Å². The molecule has 1 rings (SSSR count). The van der Waals surface area contributed by atoms with Crippen molar-refractivity contribution in [1.29, 1.82) is 0 Å². The summed E-state index contributed by atoms with van der Waals surface area (Å²) in [5.74, 6) is 0.521. The Balaban J connectivity index is 3.19. The molecule has 0 fully saturated rings. The van der Waals surface area contributed by atoms with Crippen LogP contribution < -0.4 is 10.1 Å². The van der Waals surface area contributed by atoms with Crippen molar-refractivity contribution in [3.63, 3.8) is 0 Å². The molecule has 0 aliphatic carbocycles. The zero-order chi connectivity index (χ0) is 9.14. The number of halogens is 1. The Morgan fingerprint density at radius 1 is 1.58 bits per heavy atom. The average molecular weight is 187 g/mol. The number of ether oxygens (including phenoxy) is 1. The molecule has 1 aromatic rings. The quantitative estimate of drug-likeness (QED) is 0.719. The summed E-state index contributed by atoms with van der Waals surface area (Å²) in [7, 11) is 3.38. The van der Waals surface area contributed by atoms with Gasteiger partial charge in [0.1, 0.15) is 5.15 Å². The highest BCUT2D eigenvalue weighted by atomic mass is 35.5. The Labute approximate surface area is 76.7 Å². The second-order valence-electron chi connectivity index (χ2n) is 2.40. The van der Waals surface area contributed by atoms with Gasteiger partial charge in [-0.2, -0.15) is 4.98 Å². The molecule has 0 aromatic carbocycles.